The van der Waals surface area contributed by atoms with Crippen molar-refractivity contribution in [3.05, 3.63) is 37.8 Å². The first kappa shape index (κ1) is 18.7. The zero-order chi connectivity index (χ0) is 16.7. The summed E-state index contributed by atoms with van der Waals surface area (Å²) in [5.74, 6) is -3.00. The largest absolute Gasteiger partial charge is 0.503 e. The molecule has 0 heterocycles. The fourth-order valence-electron chi connectivity index (χ4n) is 0.747. The Morgan fingerprint density at radius 1 is 0.905 bits per heavy atom. The molecule has 21 heavy (non-hydrogen) atoms. The van der Waals surface area contributed by atoms with Gasteiger partial charge in [0.15, 0.2) is 0 Å². The van der Waals surface area contributed by atoms with Gasteiger partial charge in [0.25, 0.3) is 0 Å². The van der Waals surface area contributed by atoms with Crippen LogP contribution in [-0.2, 0) is 47.1 Å². The summed E-state index contributed by atoms with van der Waals surface area (Å²) in [6, 6.07) is 0. The summed E-state index contributed by atoms with van der Waals surface area (Å²) in [7, 11) is -9.36. The minimum atomic E-state index is -4.69. The van der Waals surface area contributed by atoms with Gasteiger partial charge < -0.3 is 16.7 Å². The third kappa shape index (κ3) is 7.74. The fraction of sp³-hybridized carbons (Fsp3) is 0.111. The lowest BCUT2D eigenvalue weighted by atomic mass is 10.2. The van der Waals surface area contributed by atoms with E-state index in [1.54, 1.807) is 0 Å². The Hall–Kier alpha value is -2.34. The molecule has 12 heteroatoms. The van der Waals surface area contributed by atoms with Gasteiger partial charge in [0.05, 0.1) is 6.42 Å². The molecule has 0 aliphatic carbocycles. The van der Waals surface area contributed by atoms with Gasteiger partial charge >= 0.3 is 32.7 Å². The van der Waals surface area contributed by atoms with Crippen molar-refractivity contribution < 1.29 is 43.2 Å². The van der Waals surface area contributed by atoms with Crippen LogP contribution in [0.4, 0.5) is 0 Å². The van der Waals surface area contributed by atoms with E-state index in [9.17, 15) is 26.4 Å². The van der Waals surface area contributed by atoms with Crippen LogP contribution in [0.5, 0.6) is 0 Å². The van der Waals surface area contributed by atoms with E-state index in [-0.39, 0.29) is 0 Å². The molecule has 0 radical (unpaired) electrons. The summed E-state index contributed by atoms with van der Waals surface area (Å²) in [5, 5.41) is 0. The Balaban J connectivity index is 4.63. The normalized spacial score (nSPS) is 10.9. The predicted molar refractivity (Wildman–Crippen MR) is 66.3 cm³/mol. The third-order valence-corrected chi connectivity index (χ3v) is 2.88. The molecular weight excluding hydrogens is 332 g/mol. The molecular formula is C9H10O10S2. The maximum Gasteiger partial charge on any atom is 0.503 e. The van der Waals surface area contributed by atoms with Gasteiger partial charge in [-0.1, -0.05) is 19.7 Å². The molecule has 118 valence electrons. The Morgan fingerprint density at radius 2 is 1.33 bits per heavy atom. The maximum absolute atomic E-state index is 11.2. The summed E-state index contributed by atoms with van der Waals surface area (Å²) >= 11 is 0. The van der Waals surface area contributed by atoms with Crippen molar-refractivity contribution in [1.29, 1.82) is 0 Å². The lowest BCUT2D eigenvalue weighted by molar-refractivity contribution is -0.137. The zero-order valence-electron chi connectivity index (χ0n) is 10.4. The van der Waals surface area contributed by atoms with Gasteiger partial charge in [0.2, 0.25) is 0 Å². The molecule has 0 aromatic rings. The van der Waals surface area contributed by atoms with Crippen molar-refractivity contribution in [3.63, 3.8) is 0 Å². The summed E-state index contributed by atoms with van der Waals surface area (Å²) in [4.78, 5) is 22.4. The van der Waals surface area contributed by atoms with Gasteiger partial charge in [-0.25, -0.2) is 4.79 Å². The first-order valence-electron chi connectivity index (χ1n) is 4.75. The van der Waals surface area contributed by atoms with E-state index < -0.39 is 44.7 Å². The van der Waals surface area contributed by atoms with Crippen LogP contribution in [0.2, 0.25) is 0 Å². The SMILES string of the molecule is C=COS(=O)(=O)OC(=O)CC(=C)C(=O)OS(=O)(=O)OC=C. The molecule has 0 unspecified atom stereocenters. The van der Waals surface area contributed by atoms with Crippen LogP contribution in [0.15, 0.2) is 37.8 Å². The maximum atomic E-state index is 11.2. The number of hydrogen-bond donors (Lipinski definition) is 0. The zero-order valence-corrected chi connectivity index (χ0v) is 12.0. The van der Waals surface area contributed by atoms with Crippen LogP contribution >= 0.6 is 0 Å². The van der Waals surface area contributed by atoms with E-state index in [0.29, 0.717) is 12.5 Å². The van der Waals surface area contributed by atoms with Gasteiger partial charge in [-0.15, -0.1) is 16.8 Å². The van der Waals surface area contributed by atoms with Gasteiger partial charge in [-0.2, -0.15) is 0 Å². The molecule has 0 aromatic carbocycles. The van der Waals surface area contributed by atoms with Crippen LogP contribution in [0.3, 0.4) is 0 Å². The summed E-state index contributed by atoms with van der Waals surface area (Å²) in [5.41, 5.74) is -0.704. The highest BCUT2D eigenvalue weighted by molar-refractivity contribution is 7.82. The van der Waals surface area contributed by atoms with E-state index in [4.69, 9.17) is 0 Å². The molecule has 0 saturated heterocycles. The minimum Gasteiger partial charge on any atom is -0.361 e. The molecule has 0 bridgehead atoms. The minimum absolute atomic E-state index is 0.485. The third-order valence-electron chi connectivity index (χ3n) is 1.39. The molecule has 0 spiro atoms. The summed E-state index contributed by atoms with van der Waals surface area (Å²) in [6.45, 7) is 8.89. The van der Waals surface area contributed by atoms with Gasteiger partial charge in [0.1, 0.15) is 12.5 Å². The summed E-state index contributed by atoms with van der Waals surface area (Å²) in [6.07, 6.45) is 0.00586. The van der Waals surface area contributed by atoms with Crippen molar-refractivity contribution in [2.75, 3.05) is 0 Å². The Kier molecular flexibility index (Phi) is 6.61. The lowest BCUT2D eigenvalue weighted by Gasteiger charge is -2.06. The number of carbonyl (C=O) groups is 2. The smallest absolute Gasteiger partial charge is 0.361 e. The Morgan fingerprint density at radius 3 is 1.76 bits per heavy atom. The molecule has 0 fully saturated rings. The average Bonchev–Trinajstić information content (AvgIpc) is 2.26. The van der Waals surface area contributed by atoms with Crippen molar-refractivity contribution in [2.45, 2.75) is 6.42 Å². The van der Waals surface area contributed by atoms with E-state index in [1.807, 2.05) is 0 Å². The molecule has 0 aliphatic rings. The second-order valence-electron chi connectivity index (χ2n) is 2.95. The molecule has 0 rings (SSSR count). The quantitative estimate of drug-likeness (QED) is 0.409. The molecule has 0 N–H and O–H groups in total. The van der Waals surface area contributed by atoms with Gasteiger partial charge in [-0.05, 0) is 0 Å². The average molecular weight is 342 g/mol. The molecule has 0 aromatic heterocycles. The molecule has 10 nitrogen and oxygen atoms in total. The number of hydrogen-bond acceptors (Lipinski definition) is 10. The number of carbonyl (C=O) groups excluding carboxylic acids is 2. The van der Waals surface area contributed by atoms with Crippen LogP contribution in [0, 0.1) is 0 Å². The highest BCUT2D eigenvalue weighted by Gasteiger charge is 2.24. The molecule has 0 atom stereocenters. The van der Waals surface area contributed by atoms with Crippen molar-refractivity contribution in [2.24, 2.45) is 0 Å². The van der Waals surface area contributed by atoms with E-state index in [1.165, 1.54) is 0 Å². The van der Waals surface area contributed by atoms with Crippen molar-refractivity contribution in [1.82, 2.24) is 0 Å². The van der Waals surface area contributed by atoms with Crippen molar-refractivity contribution >= 4 is 32.7 Å². The second kappa shape index (κ2) is 7.44. The van der Waals surface area contributed by atoms with E-state index >= 15 is 0 Å². The van der Waals surface area contributed by atoms with Gasteiger partial charge in [0, 0.05) is 5.57 Å². The van der Waals surface area contributed by atoms with Crippen LogP contribution in [0.1, 0.15) is 6.42 Å². The lowest BCUT2D eigenvalue weighted by Crippen LogP contribution is -2.19. The molecule has 0 amide bonds. The van der Waals surface area contributed by atoms with Crippen LogP contribution < -0.4 is 0 Å². The Labute approximate surface area is 120 Å². The highest BCUT2D eigenvalue weighted by Crippen LogP contribution is 2.09. The molecule has 0 aliphatic heterocycles. The molecule has 0 saturated carbocycles. The fourth-order valence-corrected chi connectivity index (χ4v) is 1.75. The standard InChI is InChI=1S/C9H10O10S2/c1-4-16-20(12,13)18-8(10)6-7(3)9(11)19-21(14,15)17-5-2/h4-5H,1-3,6H2. The number of rotatable bonds is 9. The second-order valence-corrected chi connectivity index (χ2v) is 5.30. The highest BCUT2D eigenvalue weighted by atomic mass is 32.3. The van der Waals surface area contributed by atoms with E-state index in [0.717, 1.165) is 0 Å². The first-order valence-corrected chi connectivity index (χ1v) is 7.42. The van der Waals surface area contributed by atoms with Crippen LogP contribution in [0.25, 0.3) is 0 Å². The van der Waals surface area contributed by atoms with E-state index in [2.05, 4.69) is 36.5 Å². The van der Waals surface area contributed by atoms with Gasteiger partial charge in [-0.3, -0.25) is 4.79 Å². The topological polar surface area (TPSA) is 139 Å². The summed E-state index contributed by atoms with van der Waals surface area (Å²) < 4.78 is 59.1. The first-order chi connectivity index (χ1) is 9.53. The van der Waals surface area contributed by atoms with Crippen molar-refractivity contribution in [3.8, 4) is 0 Å². The Bertz CT molecular complexity index is 655. The monoisotopic (exact) mass is 342 g/mol. The predicted octanol–water partition coefficient (Wildman–Crippen LogP) is -0.171. The van der Waals surface area contributed by atoms with Crippen LogP contribution in [-0.4, -0.2) is 28.8 Å².